The molecule has 0 aliphatic rings. The average Bonchev–Trinajstić information content (AvgIpc) is 3.12. The summed E-state index contributed by atoms with van der Waals surface area (Å²) >= 11 is 7.22. The first-order valence-corrected chi connectivity index (χ1v) is 9.46. The summed E-state index contributed by atoms with van der Waals surface area (Å²) in [5, 5.41) is 2.88. The molecule has 0 fully saturated rings. The van der Waals surface area contributed by atoms with Gasteiger partial charge in [0.15, 0.2) is 5.69 Å². The molecule has 26 heavy (non-hydrogen) atoms. The first-order valence-electron chi connectivity index (χ1n) is 8.20. The molecule has 2 aromatic rings. The molecular formula is C18H21ClN2O4S. The van der Waals surface area contributed by atoms with Crippen molar-refractivity contribution in [2.45, 2.75) is 19.9 Å². The van der Waals surface area contributed by atoms with E-state index in [-0.39, 0.29) is 11.6 Å². The van der Waals surface area contributed by atoms with Crippen LogP contribution in [0.1, 0.15) is 39.2 Å². The summed E-state index contributed by atoms with van der Waals surface area (Å²) in [6.07, 6.45) is 0.711. The number of rotatable bonds is 9. The van der Waals surface area contributed by atoms with Crippen molar-refractivity contribution in [2.24, 2.45) is 0 Å². The molecule has 0 aliphatic carbocycles. The number of thiazole rings is 1. The van der Waals surface area contributed by atoms with E-state index in [0.717, 1.165) is 0 Å². The fraction of sp³-hybridized carbons (Fsp3) is 0.389. The third kappa shape index (κ3) is 5.79. The highest BCUT2D eigenvalue weighted by atomic mass is 35.5. The van der Waals surface area contributed by atoms with E-state index in [1.165, 1.54) is 18.4 Å². The Morgan fingerprint density at radius 1 is 1.27 bits per heavy atom. The lowest BCUT2D eigenvalue weighted by Gasteiger charge is -2.22. The van der Waals surface area contributed by atoms with Crippen molar-refractivity contribution >= 4 is 34.8 Å². The summed E-state index contributed by atoms with van der Waals surface area (Å²) in [4.78, 5) is 30.4. The highest BCUT2D eigenvalue weighted by molar-refractivity contribution is 7.09. The lowest BCUT2D eigenvalue weighted by atomic mass is 10.2. The molecule has 0 saturated carbocycles. The van der Waals surface area contributed by atoms with Gasteiger partial charge in [-0.25, -0.2) is 9.78 Å². The second-order valence-corrected chi connectivity index (χ2v) is 6.78. The summed E-state index contributed by atoms with van der Waals surface area (Å²) in [5.41, 5.74) is 0.802. The van der Waals surface area contributed by atoms with Gasteiger partial charge in [0, 0.05) is 35.7 Å². The van der Waals surface area contributed by atoms with Crippen LogP contribution in [0.25, 0.3) is 0 Å². The van der Waals surface area contributed by atoms with E-state index < -0.39 is 5.97 Å². The summed E-state index contributed by atoms with van der Waals surface area (Å²) in [5.74, 6) is -0.604. The summed E-state index contributed by atoms with van der Waals surface area (Å²) in [6, 6.07) is 6.77. The van der Waals surface area contributed by atoms with Gasteiger partial charge in [0.2, 0.25) is 0 Å². The second-order valence-electron chi connectivity index (χ2n) is 5.40. The molecule has 0 unspecified atom stereocenters. The van der Waals surface area contributed by atoms with Crippen LogP contribution in [0.15, 0.2) is 29.6 Å². The number of hydrogen-bond donors (Lipinski definition) is 0. The van der Waals surface area contributed by atoms with Crippen LogP contribution in [0.3, 0.4) is 0 Å². The molecule has 0 bridgehead atoms. The molecule has 1 aromatic carbocycles. The van der Waals surface area contributed by atoms with Gasteiger partial charge >= 0.3 is 5.97 Å². The Bertz CT molecular complexity index is 733. The standard InChI is InChI=1S/C18H21ClN2O4S/c1-3-25-10-4-9-21(17(22)13-5-7-14(19)8-6-13)11-16-20-15(12-26-16)18(23)24-2/h5-8,12H,3-4,9-11H2,1-2H3. The van der Waals surface area contributed by atoms with E-state index in [4.69, 9.17) is 16.3 Å². The fourth-order valence-electron chi connectivity index (χ4n) is 2.27. The zero-order valence-electron chi connectivity index (χ0n) is 14.7. The quantitative estimate of drug-likeness (QED) is 0.478. The molecule has 2 rings (SSSR count). The largest absolute Gasteiger partial charge is 0.464 e. The Kier molecular flexibility index (Phi) is 8.03. The van der Waals surface area contributed by atoms with Crippen LogP contribution in [0, 0.1) is 0 Å². The number of nitrogens with zero attached hydrogens (tertiary/aromatic N) is 2. The Labute approximate surface area is 161 Å². The van der Waals surface area contributed by atoms with Gasteiger partial charge in [0.25, 0.3) is 5.91 Å². The molecule has 140 valence electrons. The molecule has 0 saturated heterocycles. The molecule has 0 aliphatic heterocycles. The maximum Gasteiger partial charge on any atom is 0.357 e. The van der Waals surface area contributed by atoms with Gasteiger partial charge in [-0.05, 0) is 37.6 Å². The Hall–Kier alpha value is -1.96. The molecule has 0 N–H and O–H groups in total. The van der Waals surface area contributed by atoms with Crippen LogP contribution in [0.4, 0.5) is 0 Å². The maximum atomic E-state index is 12.8. The van der Waals surface area contributed by atoms with Gasteiger partial charge in [0.1, 0.15) is 5.01 Å². The molecule has 0 atom stereocenters. The number of ether oxygens (including phenoxy) is 2. The number of carbonyl (C=O) groups excluding carboxylic acids is 2. The molecule has 0 spiro atoms. The van der Waals surface area contributed by atoms with E-state index in [1.54, 1.807) is 34.5 Å². The normalized spacial score (nSPS) is 10.6. The van der Waals surface area contributed by atoms with Crippen LogP contribution in [0.5, 0.6) is 0 Å². The van der Waals surface area contributed by atoms with Crippen LogP contribution >= 0.6 is 22.9 Å². The average molecular weight is 397 g/mol. The first-order chi connectivity index (χ1) is 12.5. The number of halogens is 1. The summed E-state index contributed by atoms with van der Waals surface area (Å²) in [7, 11) is 1.31. The minimum atomic E-state index is -0.487. The lowest BCUT2D eigenvalue weighted by molar-refractivity contribution is 0.0594. The Morgan fingerprint density at radius 3 is 2.65 bits per heavy atom. The predicted octanol–water partition coefficient (Wildman–Crippen LogP) is 3.65. The zero-order valence-corrected chi connectivity index (χ0v) is 16.3. The molecule has 1 heterocycles. The van der Waals surface area contributed by atoms with Crippen molar-refractivity contribution in [3.63, 3.8) is 0 Å². The number of hydrogen-bond acceptors (Lipinski definition) is 6. The first kappa shape index (κ1) is 20.4. The van der Waals surface area contributed by atoms with Crippen molar-refractivity contribution in [1.29, 1.82) is 0 Å². The highest BCUT2D eigenvalue weighted by Gasteiger charge is 2.19. The Balaban J connectivity index is 2.11. The molecule has 1 aromatic heterocycles. The predicted molar refractivity (Wildman–Crippen MR) is 101 cm³/mol. The second kappa shape index (κ2) is 10.3. The molecule has 8 heteroatoms. The minimum Gasteiger partial charge on any atom is -0.464 e. The van der Waals surface area contributed by atoms with Gasteiger partial charge in [-0.1, -0.05) is 11.6 Å². The van der Waals surface area contributed by atoms with Crippen molar-refractivity contribution in [3.05, 3.63) is 50.9 Å². The smallest absolute Gasteiger partial charge is 0.357 e. The highest BCUT2D eigenvalue weighted by Crippen LogP contribution is 2.17. The third-order valence-corrected chi connectivity index (χ3v) is 4.66. The summed E-state index contributed by atoms with van der Waals surface area (Å²) in [6.45, 7) is 3.98. The van der Waals surface area contributed by atoms with Crippen molar-refractivity contribution in [3.8, 4) is 0 Å². The maximum absolute atomic E-state index is 12.8. The number of carbonyl (C=O) groups is 2. The van der Waals surface area contributed by atoms with E-state index in [0.29, 0.717) is 48.3 Å². The van der Waals surface area contributed by atoms with Gasteiger partial charge in [-0.2, -0.15) is 0 Å². The van der Waals surface area contributed by atoms with Crippen molar-refractivity contribution in [2.75, 3.05) is 26.9 Å². The summed E-state index contributed by atoms with van der Waals surface area (Å²) < 4.78 is 10.0. The molecular weight excluding hydrogens is 376 g/mol. The van der Waals surface area contributed by atoms with Gasteiger partial charge in [0.05, 0.1) is 13.7 Å². The van der Waals surface area contributed by atoms with Crippen LogP contribution in [-0.2, 0) is 16.0 Å². The van der Waals surface area contributed by atoms with Gasteiger partial charge < -0.3 is 14.4 Å². The monoisotopic (exact) mass is 396 g/mol. The SMILES string of the molecule is CCOCCCN(Cc1nc(C(=O)OC)cs1)C(=O)c1ccc(Cl)cc1. The minimum absolute atomic E-state index is 0.118. The van der Waals surface area contributed by atoms with Crippen LogP contribution < -0.4 is 0 Å². The molecule has 6 nitrogen and oxygen atoms in total. The molecule has 1 amide bonds. The number of amides is 1. The van der Waals surface area contributed by atoms with E-state index in [9.17, 15) is 9.59 Å². The van der Waals surface area contributed by atoms with Gasteiger partial charge in [-0.3, -0.25) is 4.79 Å². The topological polar surface area (TPSA) is 68.7 Å². The van der Waals surface area contributed by atoms with E-state index in [1.807, 2.05) is 6.92 Å². The number of esters is 1. The van der Waals surface area contributed by atoms with Crippen molar-refractivity contribution < 1.29 is 19.1 Å². The lowest BCUT2D eigenvalue weighted by Crippen LogP contribution is -2.32. The number of benzene rings is 1. The van der Waals surface area contributed by atoms with Crippen molar-refractivity contribution in [1.82, 2.24) is 9.88 Å². The Morgan fingerprint density at radius 2 is 2.00 bits per heavy atom. The van der Waals surface area contributed by atoms with Gasteiger partial charge in [-0.15, -0.1) is 11.3 Å². The van der Waals surface area contributed by atoms with E-state index >= 15 is 0 Å². The van der Waals surface area contributed by atoms with Crippen LogP contribution in [0.2, 0.25) is 5.02 Å². The zero-order chi connectivity index (χ0) is 18.9. The molecule has 0 radical (unpaired) electrons. The fourth-order valence-corrected chi connectivity index (χ4v) is 3.18. The number of aromatic nitrogens is 1. The third-order valence-electron chi connectivity index (χ3n) is 3.57. The van der Waals surface area contributed by atoms with E-state index in [2.05, 4.69) is 9.72 Å². The van der Waals surface area contributed by atoms with Crippen LogP contribution in [-0.4, -0.2) is 48.6 Å². The number of methoxy groups -OCH3 is 1.